The summed E-state index contributed by atoms with van der Waals surface area (Å²) in [5.41, 5.74) is 0.649. The number of fused-ring (bicyclic) bond motifs is 1. The van der Waals surface area contributed by atoms with Gasteiger partial charge in [-0.1, -0.05) is 6.07 Å². The van der Waals surface area contributed by atoms with Crippen molar-refractivity contribution < 1.29 is 19.0 Å². The van der Waals surface area contributed by atoms with Crippen molar-refractivity contribution in [3.05, 3.63) is 29.8 Å². The van der Waals surface area contributed by atoms with Crippen LogP contribution in [0.1, 0.15) is 23.2 Å². The van der Waals surface area contributed by atoms with E-state index in [1.54, 1.807) is 20.3 Å². The first kappa shape index (κ1) is 14.4. The molecule has 1 aromatic carbocycles. The van der Waals surface area contributed by atoms with E-state index in [1.807, 2.05) is 23.1 Å². The lowest BCUT2D eigenvalue weighted by Gasteiger charge is -2.32. The van der Waals surface area contributed by atoms with Crippen LogP contribution in [0.15, 0.2) is 24.3 Å². The van der Waals surface area contributed by atoms with E-state index in [1.165, 1.54) is 0 Å². The van der Waals surface area contributed by atoms with E-state index < -0.39 is 0 Å². The molecule has 2 fully saturated rings. The first-order valence-corrected chi connectivity index (χ1v) is 7.34. The topological polar surface area (TPSA) is 48.0 Å². The maximum absolute atomic E-state index is 12.8. The molecule has 1 amide bonds. The number of hydrogen-bond acceptors (Lipinski definition) is 4. The molecule has 0 bridgehead atoms. The van der Waals surface area contributed by atoms with Crippen molar-refractivity contribution in [2.24, 2.45) is 0 Å². The van der Waals surface area contributed by atoms with Gasteiger partial charge in [-0.25, -0.2) is 0 Å². The summed E-state index contributed by atoms with van der Waals surface area (Å²) in [6, 6.07) is 7.39. The average molecular weight is 291 g/mol. The molecular formula is C16H21NO4. The number of carbonyl (C=O) groups is 1. The average Bonchev–Trinajstić information content (AvgIpc) is 2.93. The van der Waals surface area contributed by atoms with E-state index >= 15 is 0 Å². The summed E-state index contributed by atoms with van der Waals surface area (Å²) in [5, 5.41) is 0. The molecule has 0 aromatic heterocycles. The molecule has 2 heterocycles. The van der Waals surface area contributed by atoms with E-state index in [4.69, 9.17) is 14.2 Å². The minimum Gasteiger partial charge on any atom is -0.497 e. The van der Waals surface area contributed by atoms with Gasteiger partial charge in [-0.15, -0.1) is 0 Å². The van der Waals surface area contributed by atoms with Crippen LogP contribution in [0.4, 0.5) is 0 Å². The van der Waals surface area contributed by atoms with Gasteiger partial charge in [0.05, 0.1) is 19.7 Å². The molecular weight excluding hydrogens is 270 g/mol. The van der Waals surface area contributed by atoms with Crippen molar-refractivity contribution >= 4 is 5.91 Å². The highest BCUT2D eigenvalue weighted by molar-refractivity contribution is 5.95. The molecule has 2 saturated heterocycles. The van der Waals surface area contributed by atoms with Crippen LogP contribution in [0.5, 0.6) is 5.75 Å². The lowest BCUT2D eigenvalue weighted by Crippen LogP contribution is -2.43. The van der Waals surface area contributed by atoms with Gasteiger partial charge in [0.1, 0.15) is 18.0 Å². The quantitative estimate of drug-likeness (QED) is 0.850. The zero-order chi connectivity index (χ0) is 14.8. The summed E-state index contributed by atoms with van der Waals surface area (Å²) in [5.74, 6) is 0.716. The molecule has 114 valence electrons. The fourth-order valence-corrected chi connectivity index (χ4v) is 3.27. The number of methoxy groups -OCH3 is 2. The summed E-state index contributed by atoms with van der Waals surface area (Å²) >= 11 is 0. The van der Waals surface area contributed by atoms with E-state index in [-0.39, 0.29) is 24.2 Å². The van der Waals surface area contributed by atoms with Crippen LogP contribution >= 0.6 is 0 Å². The monoisotopic (exact) mass is 291 g/mol. The van der Waals surface area contributed by atoms with Crippen molar-refractivity contribution in [3.63, 3.8) is 0 Å². The molecule has 0 radical (unpaired) electrons. The minimum absolute atomic E-state index is 0.00157. The van der Waals surface area contributed by atoms with Gasteiger partial charge >= 0.3 is 0 Å². The highest BCUT2D eigenvalue weighted by atomic mass is 16.5. The van der Waals surface area contributed by atoms with Gasteiger partial charge in [0.25, 0.3) is 5.91 Å². The zero-order valence-corrected chi connectivity index (χ0v) is 12.5. The first-order valence-electron chi connectivity index (χ1n) is 7.34. The Hall–Kier alpha value is -1.59. The third-order valence-electron chi connectivity index (χ3n) is 4.36. The summed E-state index contributed by atoms with van der Waals surface area (Å²) in [7, 11) is 3.28. The van der Waals surface area contributed by atoms with Crippen LogP contribution in [-0.2, 0) is 9.47 Å². The molecule has 0 saturated carbocycles. The normalized spacial score (nSPS) is 28.3. The molecule has 0 N–H and O–H groups in total. The summed E-state index contributed by atoms with van der Waals surface area (Å²) in [4.78, 5) is 14.7. The van der Waals surface area contributed by atoms with Gasteiger partial charge in [0.15, 0.2) is 0 Å². The highest BCUT2D eigenvalue weighted by Crippen LogP contribution is 2.31. The maximum atomic E-state index is 12.8. The Morgan fingerprint density at radius 1 is 1.38 bits per heavy atom. The predicted octanol–water partition coefficient (Wildman–Crippen LogP) is 1.71. The second kappa shape index (κ2) is 6.03. The number of rotatable bonds is 3. The third-order valence-corrected chi connectivity index (χ3v) is 4.36. The van der Waals surface area contributed by atoms with Crippen LogP contribution in [0.2, 0.25) is 0 Å². The summed E-state index contributed by atoms with van der Waals surface area (Å²) in [6.07, 6.45) is 1.92. The summed E-state index contributed by atoms with van der Waals surface area (Å²) < 4.78 is 16.5. The molecule has 21 heavy (non-hydrogen) atoms. The van der Waals surface area contributed by atoms with E-state index in [9.17, 15) is 4.79 Å². The number of ether oxygens (including phenoxy) is 3. The van der Waals surface area contributed by atoms with Gasteiger partial charge in [0.2, 0.25) is 0 Å². The minimum atomic E-state index is -0.0372. The van der Waals surface area contributed by atoms with E-state index in [2.05, 4.69) is 0 Å². The number of nitrogens with zero attached hydrogens (tertiary/aromatic N) is 1. The fraction of sp³-hybridized carbons (Fsp3) is 0.562. The largest absolute Gasteiger partial charge is 0.497 e. The molecule has 5 nitrogen and oxygen atoms in total. The van der Waals surface area contributed by atoms with Gasteiger partial charge in [0, 0.05) is 19.3 Å². The standard InChI is InChI=1S/C16H21NO4/c1-19-12-6-3-5-11(9-12)16(18)17-10-14(20-2)15-13(17)7-4-8-21-15/h3,5-6,9,13-15H,4,7-8,10H2,1-2H3/t13-,14-,15+/m1/s1. The Bertz CT molecular complexity index is 519. The van der Waals surface area contributed by atoms with Gasteiger partial charge < -0.3 is 19.1 Å². The second-order valence-corrected chi connectivity index (χ2v) is 5.51. The molecule has 0 spiro atoms. The number of hydrogen-bond donors (Lipinski definition) is 0. The molecule has 2 aliphatic rings. The van der Waals surface area contributed by atoms with Gasteiger partial charge in [-0.3, -0.25) is 4.79 Å². The van der Waals surface area contributed by atoms with Crippen molar-refractivity contribution in [1.29, 1.82) is 0 Å². The van der Waals surface area contributed by atoms with Crippen molar-refractivity contribution in [3.8, 4) is 5.75 Å². The lowest BCUT2D eigenvalue weighted by molar-refractivity contribution is -0.0639. The Morgan fingerprint density at radius 3 is 3.00 bits per heavy atom. The van der Waals surface area contributed by atoms with Crippen LogP contribution in [0.3, 0.4) is 0 Å². The van der Waals surface area contributed by atoms with Crippen molar-refractivity contribution in [2.75, 3.05) is 27.4 Å². The number of benzene rings is 1. The smallest absolute Gasteiger partial charge is 0.254 e. The van der Waals surface area contributed by atoms with Crippen LogP contribution < -0.4 is 4.74 Å². The van der Waals surface area contributed by atoms with E-state index in [0.29, 0.717) is 17.9 Å². The third kappa shape index (κ3) is 2.63. The van der Waals surface area contributed by atoms with Crippen LogP contribution in [0.25, 0.3) is 0 Å². The highest BCUT2D eigenvalue weighted by Gasteiger charge is 2.46. The Balaban J connectivity index is 1.83. The van der Waals surface area contributed by atoms with E-state index in [0.717, 1.165) is 19.4 Å². The Morgan fingerprint density at radius 2 is 2.24 bits per heavy atom. The van der Waals surface area contributed by atoms with Crippen LogP contribution in [-0.4, -0.2) is 56.4 Å². The van der Waals surface area contributed by atoms with Crippen molar-refractivity contribution in [2.45, 2.75) is 31.1 Å². The van der Waals surface area contributed by atoms with Gasteiger partial charge in [-0.05, 0) is 31.0 Å². The Labute approximate surface area is 124 Å². The molecule has 5 heteroatoms. The lowest BCUT2D eigenvalue weighted by atomic mass is 10.0. The molecule has 3 rings (SSSR count). The van der Waals surface area contributed by atoms with Gasteiger partial charge in [-0.2, -0.15) is 0 Å². The number of carbonyl (C=O) groups excluding carboxylic acids is 1. The predicted molar refractivity (Wildman–Crippen MR) is 77.6 cm³/mol. The molecule has 3 atom stereocenters. The fourth-order valence-electron chi connectivity index (χ4n) is 3.27. The first-order chi connectivity index (χ1) is 10.2. The second-order valence-electron chi connectivity index (χ2n) is 5.51. The SMILES string of the molecule is COc1cccc(C(=O)N2C[C@@H](OC)[C@H]3OCCC[C@H]32)c1. The molecule has 1 aromatic rings. The zero-order valence-electron chi connectivity index (χ0n) is 12.5. The number of likely N-dealkylation sites (tertiary alicyclic amines) is 1. The van der Waals surface area contributed by atoms with Crippen LogP contribution in [0, 0.1) is 0 Å². The Kier molecular flexibility index (Phi) is 4.12. The number of amides is 1. The molecule has 0 unspecified atom stereocenters. The summed E-state index contributed by atoms with van der Waals surface area (Å²) in [6.45, 7) is 1.34. The van der Waals surface area contributed by atoms with Crippen molar-refractivity contribution in [1.82, 2.24) is 4.90 Å². The molecule has 2 aliphatic heterocycles. The maximum Gasteiger partial charge on any atom is 0.254 e. The molecule has 0 aliphatic carbocycles.